The molecule has 0 unspecified atom stereocenters. The molecule has 0 aliphatic carbocycles. The molecule has 15 heavy (non-hydrogen) atoms. The highest BCUT2D eigenvalue weighted by Gasteiger charge is 2.28. The number of hydrogen-bond donors (Lipinski definition) is 1. The van der Waals surface area contributed by atoms with Crippen molar-refractivity contribution in [3.8, 4) is 0 Å². The minimum absolute atomic E-state index is 0.252. The number of carbonyl (C=O) groups excluding carboxylic acids is 2. The van der Waals surface area contributed by atoms with Crippen LogP contribution in [-0.2, 0) is 14.3 Å². The lowest BCUT2D eigenvalue weighted by atomic mass is 9.96. The van der Waals surface area contributed by atoms with Gasteiger partial charge in [-0.1, -0.05) is 0 Å². The van der Waals surface area contributed by atoms with Crippen LogP contribution in [-0.4, -0.2) is 24.2 Å². The van der Waals surface area contributed by atoms with E-state index in [0.29, 0.717) is 12.2 Å². The maximum atomic E-state index is 11.2. The minimum Gasteiger partial charge on any atom is -0.434 e. The Hall–Kier alpha value is -1.52. The van der Waals surface area contributed by atoms with Crippen LogP contribution >= 0.6 is 0 Å². The molecule has 0 saturated carbocycles. The summed E-state index contributed by atoms with van der Waals surface area (Å²) in [5.74, 6) is 0.0766. The zero-order valence-electron chi connectivity index (χ0n) is 9.12. The number of rotatable bonds is 2. The highest BCUT2D eigenvalue weighted by Crippen LogP contribution is 2.21. The second kappa shape index (κ2) is 4.33. The van der Waals surface area contributed by atoms with E-state index in [9.17, 15) is 9.59 Å². The van der Waals surface area contributed by atoms with Crippen molar-refractivity contribution in [3.05, 3.63) is 11.8 Å². The summed E-state index contributed by atoms with van der Waals surface area (Å²) in [4.78, 5) is 22.2. The zero-order chi connectivity index (χ0) is 11.5. The van der Waals surface area contributed by atoms with Crippen molar-refractivity contribution >= 4 is 12.1 Å². The van der Waals surface area contributed by atoms with Gasteiger partial charge in [-0.25, -0.2) is 4.79 Å². The van der Waals surface area contributed by atoms with E-state index in [1.807, 2.05) is 13.8 Å². The summed E-state index contributed by atoms with van der Waals surface area (Å²) in [5, 5.41) is 2.74. The Morgan fingerprint density at radius 1 is 1.60 bits per heavy atom. The van der Waals surface area contributed by atoms with E-state index in [1.165, 1.54) is 6.08 Å². The van der Waals surface area contributed by atoms with Crippen LogP contribution in [0.15, 0.2) is 11.8 Å². The number of nitrogens with one attached hydrogen (secondary N) is 1. The average Bonchev–Trinajstić information content (AvgIpc) is 1.99. The summed E-state index contributed by atoms with van der Waals surface area (Å²) in [6, 6.07) is 0. The fourth-order valence-electron chi connectivity index (χ4n) is 1.37. The summed E-state index contributed by atoms with van der Waals surface area (Å²) in [7, 11) is 0. The van der Waals surface area contributed by atoms with Crippen molar-refractivity contribution in [1.82, 2.24) is 5.32 Å². The van der Waals surface area contributed by atoms with Gasteiger partial charge in [0.25, 0.3) is 0 Å². The van der Waals surface area contributed by atoms with Crippen LogP contribution < -0.4 is 5.32 Å². The fraction of sp³-hybridized carbons (Fsp3) is 0.600. The van der Waals surface area contributed by atoms with Gasteiger partial charge < -0.3 is 14.8 Å². The molecule has 1 heterocycles. The van der Waals surface area contributed by atoms with Gasteiger partial charge in [0.15, 0.2) is 0 Å². The summed E-state index contributed by atoms with van der Waals surface area (Å²) in [5.41, 5.74) is -0.395. The summed E-state index contributed by atoms with van der Waals surface area (Å²) in [6.45, 7) is 5.65. The van der Waals surface area contributed by atoms with Crippen LogP contribution in [0.2, 0.25) is 0 Å². The molecule has 0 aromatic heterocycles. The normalized spacial score (nSPS) is 18.9. The predicted molar refractivity (Wildman–Crippen MR) is 53.0 cm³/mol. The smallest absolute Gasteiger partial charge is 0.434 e. The number of ether oxygens (including phenoxy) is 2. The van der Waals surface area contributed by atoms with E-state index in [2.05, 4.69) is 10.1 Å². The molecule has 0 fully saturated rings. The molecular formula is C10H15NO4. The molecule has 1 aliphatic rings. The first-order chi connectivity index (χ1) is 6.93. The Morgan fingerprint density at radius 3 is 2.80 bits per heavy atom. The van der Waals surface area contributed by atoms with Gasteiger partial charge in [-0.2, -0.15) is 0 Å². The van der Waals surface area contributed by atoms with Crippen LogP contribution in [0.3, 0.4) is 0 Å². The summed E-state index contributed by atoms with van der Waals surface area (Å²) < 4.78 is 9.49. The van der Waals surface area contributed by atoms with Gasteiger partial charge >= 0.3 is 6.16 Å². The van der Waals surface area contributed by atoms with E-state index in [4.69, 9.17) is 4.74 Å². The summed E-state index contributed by atoms with van der Waals surface area (Å²) >= 11 is 0. The quantitative estimate of drug-likeness (QED) is 0.703. The lowest BCUT2D eigenvalue weighted by molar-refractivity contribution is -0.118. The van der Waals surface area contributed by atoms with Crippen LogP contribution in [0.5, 0.6) is 0 Å². The molecule has 0 saturated heterocycles. The third-order valence-electron chi connectivity index (χ3n) is 1.85. The molecule has 0 aromatic carbocycles. The van der Waals surface area contributed by atoms with Crippen molar-refractivity contribution in [1.29, 1.82) is 0 Å². The first kappa shape index (κ1) is 11.6. The topological polar surface area (TPSA) is 64.6 Å². The van der Waals surface area contributed by atoms with Crippen LogP contribution in [0.1, 0.15) is 27.2 Å². The van der Waals surface area contributed by atoms with E-state index in [-0.39, 0.29) is 12.5 Å². The van der Waals surface area contributed by atoms with Crippen LogP contribution in [0.4, 0.5) is 4.79 Å². The van der Waals surface area contributed by atoms with Gasteiger partial charge in [-0.3, -0.25) is 4.79 Å². The first-order valence-corrected chi connectivity index (χ1v) is 4.80. The van der Waals surface area contributed by atoms with Crippen molar-refractivity contribution in [2.45, 2.75) is 32.7 Å². The molecule has 1 N–H and O–H groups in total. The second-order valence-corrected chi connectivity index (χ2v) is 3.95. The molecule has 84 valence electrons. The van der Waals surface area contributed by atoms with Gasteiger partial charge in [0, 0.05) is 18.0 Å². The molecule has 1 aliphatic heterocycles. The van der Waals surface area contributed by atoms with Crippen molar-refractivity contribution in [2.24, 2.45) is 0 Å². The number of hydrogen-bond acceptors (Lipinski definition) is 4. The maximum absolute atomic E-state index is 11.2. The van der Waals surface area contributed by atoms with Gasteiger partial charge in [-0.15, -0.1) is 0 Å². The molecule has 5 nitrogen and oxygen atoms in total. The first-order valence-electron chi connectivity index (χ1n) is 4.80. The third-order valence-corrected chi connectivity index (χ3v) is 1.85. The Morgan fingerprint density at radius 2 is 2.27 bits per heavy atom. The Kier molecular flexibility index (Phi) is 3.34. The van der Waals surface area contributed by atoms with Gasteiger partial charge in [0.1, 0.15) is 5.76 Å². The molecule has 0 radical (unpaired) electrons. The Bertz CT molecular complexity index is 307. The fourth-order valence-corrected chi connectivity index (χ4v) is 1.37. The Labute approximate surface area is 88.4 Å². The van der Waals surface area contributed by atoms with Crippen LogP contribution in [0.25, 0.3) is 0 Å². The van der Waals surface area contributed by atoms with Gasteiger partial charge in [0.2, 0.25) is 5.91 Å². The minimum atomic E-state index is -0.769. The van der Waals surface area contributed by atoms with Crippen molar-refractivity contribution in [3.63, 3.8) is 0 Å². The molecule has 0 spiro atoms. The lowest BCUT2D eigenvalue weighted by Crippen LogP contribution is -2.46. The lowest BCUT2D eigenvalue weighted by Gasteiger charge is -2.29. The standard InChI is InChI=1S/C10H15NO4/c1-4-14-9(13)15-7-5-8(12)11-10(2,3)6-7/h5H,4,6H2,1-3H3,(H,11,12). The number of amides is 1. The molecule has 0 aromatic rings. The largest absolute Gasteiger partial charge is 0.513 e. The highest BCUT2D eigenvalue weighted by atomic mass is 16.7. The zero-order valence-corrected chi connectivity index (χ0v) is 9.12. The van der Waals surface area contributed by atoms with E-state index in [0.717, 1.165) is 0 Å². The molecule has 1 amide bonds. The van der Waals surface area contributed by atoms with Gasteiger partial charge in [-0.05, 0) is 20.8 Å². The molecule has 1 rings (SSSR count). The molecular weight excluding hydrogens is 198 g/mol. The van der Waals surface area contributed by atoms with E-state index < -0.39 is 11.7 Å². The number of carbonyl (C=O) groups is 2. The van der Waals surface area contributed by atoms with E-state index >= 15 is 0 Å². The second-order valence-electron chi connectivity index (χ2n) is 3.95. The molecule has 0 bridgehead atoms. The van der Waals surface area contributed by atoms with Crippen molar-refractivity contribution < 1.29 is 19.1 Å². The summed E-state index contributed by atoms with van der Waals surface area (Å²) in [6.07, 6.45) is 0.967. The van der Waals surface area contributed by atoms with E-state index in [1.54, 1.807) is 6.92 Å². The van der Waals surface area contributed by atoms with Gasteiger partial charge in [0.05, 0.1) is 6.61 Å². The maximum Gasteiger partial charge on any atom is 0.513 e. The van der Waals surface area contributed by atoms with Crippen LogP contribution in [0, 0.1) is 0 Å². The predicted octanol–water partition coefficient (Wildman–Crippen LogP) is 1.34. The monoisotopic (exact) mass is 213 g/mol. The highest BCUT2D eigenvalue weighted by molar-refractivity contribution is 5.90. The third kappa shape index (κ3) is 3.61. The Balaban J connectivity index is 2.62. The molecule has 0 atom stereocenters. The average molecular weight is 213 g/mol. The molecule has 5 heteroatoms. The SMILES string of the molecule is CCOC(=O)OC1=CC(=O)NC(C)(C)C1. The van der Waals surface area contributed by atoms with Crippen molar-refractivity contribution in [2.75, 3.05) is 6.61 Å².